The molecular formula is C14H20BrClN2. The smallest absolute Gasteiger partial charge is 0.152 e. The number of nitrogens with one attached hydrogen (secondary N) is 1. The van der Waals surface area contributed by atoms with Crippen molar-refractivity contribution in [3.63, 3.8) is 0 Å². The van der Waals surface area contributed by atoms with E-state index < -0.39 is 0 Å². The number of nitrogens with zero attached hydrogens (tertiary/aromatic N) is 1. The largest absolute Gasteiger partial charge is 0.380 e. The van der Waals surface area contributed by atoms with Gasteiger partial charge in [0.15, 0.2) is 5.15 Å². The maximum atomic E-state index is 6.13. The van der Waals surface area contributed by atoms with E-state index in [0.717, 1.165) is 16.1 Å². The highest BCUT2D eigenvalue weighted by atomic mass is 79.9. The minimum absolute atomic E-state index is 0.404. The molecule has 0 aliphatic heterocycles. The van der Waals surface area contributed by atoms with E-state index in [9.17, 15) is 0 Å². The molecule has 1 aliphatic rings. The standard InChI is InChI=1S/C14H20BrClN2/c1-9-4-11(7-14(2,3)6-9)18-12-5-10(15)8-17-13(12)16/h5,8-9,11,18H,4,6-7H2,1-3H3. The number of anilines is 1. The highest BCUT2D eigenvalue weighted by molar-refractivity contribution is 9.10. The highest BCUT2D eigenvalue weighted by Gasteiger charge is 2.32. The van der Waals surface area contributed by atoms with Crippen molar-refractivity contribution in [2.45, 2.75) is 46.1 Å². The summed E-state index contributed by atoms with van der Waals surface area (Å²) >= 11 is 9.56. The number of rotatable bonds is 2. The van der Waals surface area contributed by atoms with Crippen LogP contribution >= 0.6 is 27.5 Å². The van der Waals surface area contributed by atoms with Crippen LogP contribution in [0.15, 0.2) is 16.7 Å². The molecule has 1 heterocycles. The first kappa shape index (κ1) is 14.1. The molecule has 0 amide bonds. The van der Waals surface area contributed by atoms with E-state index in [2.05, 4.69) is 47.0 Å². The van der Waals surface area contributed by atoms with E-state index >= 15 is 0 Å². The summed E-state index contributed by atoms with van der Waals surface area (Å²) in [6, 6.07) is 2.49. The Balaban J connectivity index is 2.11. The monoisotopic (exact) mass is 330 g/mol. The molecule has 1 aliphatic carbocycles. The van der Waals surface area contributed by atoms with Gasteiger partial charge >= 0.3 is 0 Å². The Morgan fingerprint density at radius 3 is 2.83 bits per heavy atom. The van der Waals surface area contributed by atoms with Gasteiger partial charge in [-0.15, -0.1) is 0 Å². The van der Waals surface area contributed by atoms with Gasteiger partial charge in [-0.2, -0.15) is 0 Å². The molecule has 4 heteroatoms. The SMILES string of the molecule is CC1CC(Nc2cc(Br)cnc2Cl)CC(C)(C)C1. The molecule has 1 fully saturated rings. The van der Waals surface area contributed by atoms with Gasteiger partial charge in [0, 0.05) is 16.7 Å². The summed E-state index contributed by atoms with van der Waals surface area (Å²) in [4.78, 5) is 4.16. The van der Waals surface area contributed by atoms with Crippen molar-refractivity contribution in [1.29, 1.82) is 0 Å². The van der Waals surface area contributed by atoms with Gasteiger partial charge in [0.25, 0.3) is 0 Å². The molecule has 2 unspecified atom stereocenters. The minimum atomic E-state index is 0.404. The second-order valence-corrected chi connectivity index (χ2v) is 7.52. The van der Waals surface area contributed by atoms with Crippen LogP contribution in [0.4, 0.5) is 5.69 Å². The quantitative estimate of drug-likeness (QED) is 0.760. The molecule has 0 radical (unpaired) electrons. The number of pyridine rings is 1. The molecule has 2 atom stereocenters. The molecular weight excluding hydrogens is 312 g/mol. The average molecular weight is 332 g/mol. The van der Waals surface area contributed by atoms with Gasteiger partial charge in [-0.05, 0) is 52.6 Å². The van der Waals surface area contributed by atoms with Crippen molar-refractivity contribution in [3.8, 4) is 0 Å². The second-order valence-electron chi connectivity index (χ2n) is 6.25. The Morgan fingerprint density at radius 1 is 1.44 bits per heavy atom. The summed E-state index contributed by atoms with van der Waals surface area (Å²) in [5.74, 6) is 0.755. The summed E-state index contributed by atoms with van der Waals surface area (Å²) < 4.78 is 0.956. The third-order valence-corrected chi connectivity index (χ3v) is 4.29. The van der Waals surface area contributed by atoms with Gasteiger partial charge in [-0.1, -0.05) is 32.4 Å². The summed E-state index contributed by atoms with van der Waals surface area (Å²) in [5.41, 5.74) is 1.34. The summed E-state index contributed by atoms with van der Waals surface area (Å²) in [7, 11) is 0. The predicted molar refractivity (Wildman–Crippen MR) is 81.2 cm³/mol. The Labute approximate surface area is 123 Å². The lowest BCUT2D eigenvalue weighted by Gasteiger charge is -2.39. The van der Waals surface area contributed by atoms with Crippen LogP contribution in [0.3, 0.4) is 0 Å². The van der Waals surface area contributed by atoms with E-state index in [1.807, 2.05) is 6.07 Å². The van der Waals surface area contributed by atoms with Crippen LogP contribution in [0.1, 0.15) is 40.0 Å². The van der Waals surface area contributed by atoms with E-state index in [0.29, 0.717) is 16.6 Å². The van der Waals surface area contributed by atoms with Crippen molar-refractivity contribution in [3.05, 3.63) is 21.9 Å². The van der Waals surface area contributed by atoms with Crippen molar-refractivity contribution < 1.29 is 0 Å². The molecule has 0 aromatic carbocycles. The molecule has 100 valence electrons. The zero-order chi connectivity index (χ0) is 13.3. The Hall–Kier alpha value is -0.280. The second kappa shape index (κ2) is 5.38. The first-order valence-corrected chi connectivity index (χ1v) is 7.60. The normalized spacial score (nSPS) is 26.9. The Bertz CT molecular complexity index is 434. The molecule has 2 nitrogen and oxygen atoms in total. The lowest BCUT2D eigenvalue weighted by molar-refractivity contribution is 0.178. The highest BCUT2D eigenvalue weighted by Crippen LogP contribution is 2.40. The Morgan fingerprint density at radius 2 is 2.17 bits per heavy atom. The zero-order valence-corrected chi connectivity index (χ0v) is 13.5. The van der Waals surface area contributed by atoms with Crippen molar-refractivity contribution in [2.24, 2.45) is 11.3 Å². The van der Waals surface area contributed by atoms with Crippen LogP contribution in [0.2, 0.25) is 5.15 Å². The van der Waals surface area contributed by atoms with Crippen LogP contribution in [-0.2, 0) is 0 Å². The Kier molecular flexibility index (Phi) is 4.22. The summed E-state index contributed by atoms with van der Waals surface area (Å²) in [6.45, 7) is 7.02. The first-order chi connectivity index (χ1) is 8.35. The molecule has 18 heavy (non-hydrogen) atoms. The molecule has 0 saturated heterocycles. The summed E-state index contributed by atoms with van der Waals surface area (Å²) in [6.07, 6.45) is 5.41. The van der Waals surface area contributed by atoms with E-state index in [-0.39, 0.29) is 0 Å². The van der Waals surface area contributed by atoms with Crippen LogP contribution in [0, 0.1) is 11.3 Å². The van der Waals surface area contributed by atoms with Crippen molar-refractivity contribution >= 4 is 33.2 Å². The lowest BCUT2D eigenvalue weighted by Crippen LogP contribution is -2.35. The van der Waals surface area contributed by atoms with E-state index in [1.165, 1.54) is 19.3 Å². The maximum absolute atomic E-state index is 6.13. The first-order valence-electron chi connectivity index (χ1n) is 6.43. The fourth-order valence-electron chi connectivity index (χ4n) is 3.20. The third kappa shape index (κ3) is 3.61. The number of hydrogen-bond donors (Lipinski definition) is 1. The van der Waals surface area contributed by atoms with E-state index in [1.54, 1.807) is 6.20 Å². The molecule has 1 aromatic heterocycles. The molecule has 1 N–H and O–H groups in total. The van der Waals surface area contributed by atoms with Crippen LogP contribution < -0.4 is 5.32 Å². The fraction of sp³-hybridized carbons (Fsp3) is 0.643. The minimum Gasteiger partial charge on any atom is -0.380 e. The lowest BCUT2D eigenvalue weighted by atomic mass is 9.70. The van der Waals surface area contributed by atoms with Gasteiger partial charge in [-0.25, -0.2) is 4.98 Å². The fourth-order valence-corrected chi connectivity index (χ4v) is 3.69. The molecule has 0 spiro atoms. The average Bonchev–Trinajstić information content (AvgIpc) is 2.20. The molecule has 0 bridgehead atoms. The predicted octanol–water partition coefficient (Wildman–Crippen LogP) is 5.12. The van der Waals surface area contributed by atoms with Gasteiger partial charge in [0.1, 0.15) is 0 Å². The van der Waals surface area contributed by atoms with Crippen LogP contribution in [0.25, 0.3) is 0 Å². The number of halogens is 2. The van der Waals surface area contributed by atoms with Crippen LogP contribution in [-0.4, -0.2) is 11.0 Å². The third-order valence-electron chi connectivity index (χ3n) is 3.55. The zero-order valence-electron chi connectivity index (χ0n) is 11.1. The van der Waals surface area contributed by atoms with Crippen molar-refractivity contribution in [1.82, 2.24) is 4.98 Å². The number of hydrogen-bond acceptors (Lipinski definition) is 2. The summed E-state index contributed by atoms with van der Waals surface area (Å²) in [5, 5.41) is 4.10. The van der Waals surface area contributed by atoms with Gasteiger partial charge in [-0.3, -0.25) is 0 Å². The topological polar surface area (TPSA) is 24.9 Å². The van der Waals surface area contributed by atoms with Crippen molar-refractivity contribution in [2.75, 3.05) is 5.32 Å². The van der Waals surface area contributed by atoms with Crippen LogP contribution in [0.5, 0.6) is 0 Å². The van der Waals surface area contributed by atoms with Gasteiger partial charge < -0.3 is 5.32 Å². The molecule has 1 aromatic rings. The van der Waals surface area contributed by atoms with Gasteiger partial charge in [0.2, 0.25) is 0 Å². The number of aromatic nitrogens is 1. The maximum Gasteiger partial charge on any atom is 0.152 e. The molecule has 1 saturated carbocycles. The molecule has 2 rings (SSSR count). The van der Waals surface area contributed by atoms with Gasteiger partial charge in [0.05, 0.1) is 5.69 Å². The van der Waals surface area contributed by atoms with E-state index in [4.69, 9.17) is 11.6 Å².